The van der Waals surface area contributed by atoms with Gasteiger partial charge in [-0.2, -0.15) is 0 Å². The van der Waals surface area contributed by atoms with Crippen molar-refractivity contribution >= 4 is 0 Å². The Balaban J connectivity index is 1.41. The van der Waals surface area contributed by atoms with Gasteiger partial charge in [-0.25, -0.2) is 0 Å². The average Bonchev–Trinajstić information content (AvgIpc) is 2.80. The van der Waals surface area contributed by atoms with Crippen molar-refractivity contribution in [2.24, 2.45) is 0 Å². The third kappa shape index (κ3) is 5.27. The highest BCUT2D eigenvalue weighted by molar-refractivity contribution is 5.08. The van der Waals surface area contributed by atoms with Gasteiger partial charge in [0.05, 0.1) is 0 Å². The molecule has 1 aromatic heterocycles. The van der Waals surface area contributed by atoms with Gasteiger partial charge in [0.1, 0.15) is 0 Å². The number of pyridine rings is 1. The van der Waals surface area contributed by atoms with Gasteiger partial charge >= 0.3 is 0 Å². The third-order valence-corrected chi connectivity index (χ3v) is 5.51. The smallest absolute Gasteiger partial charge is 0.0312 e. The molecule has 0 aliphatic carbocycles. The first-order valence-electron chi connectivity index (χ1n) is 9.35. The topological polar surface area (TPSA) is 22.6 Å². The summed E-state index contributed by atoms with van der Waals surface area (Å²) in [6.45, 7) is 8.51. The second kappa shape index (κ2) is 8.76. The van der Waals surface area contributed by atoms with E-state index >= 15 is 0 Å². The van der Waals surface area contributed by atoms with Crippen molar-refractivity contribution in [2.45, 2.75) is 44.7 Å². The number of rotatable bonds is 5. The zero-order valence-electron chi connectivity index (χ0n) is 14.7. The van der Waals surface area contributed by atoms with Crippen molar-refractivity contribution < 1.29 is 0 Å². The second-order valence-corrected chi connectivity index (χ2v) is 7.25. The minimum absolute atomic E-state index is 0.818. The minimum Gasteiger partial charge on any atom is -0.303 e. The van der Waals surface area contributed by atoms with Gasteiger partial charge in [-0.05, 0) is 70.5 Å². The number of likely N-dealkylation sites (tertiary alicyclic amines) is 1. The van der Waals surface area contributed by atoms with Gasteiger partial charge in [0.15, 0.2) is 0 Å². The molecule has 23 heavy (non-hydrogen) atoms. The molecule has 128 valence electrons. The van der Waals surface area contributed by atoms with E-state index in [0.717, 1.165) is 12.6 Å². The molecule has 1 aromatic rings. The molecule has 0 amide bonds. The van der Waals surface area contributed by atoms with E-state index < -0.39 is 0 Å². The van der Waals surface area contributed by atoms with E-state index in [1.54, 1.807) is 0 Å². The van der Waals surface area contributed by atoms with Crippen LogP contribution >= 0.6 is 0 Å². The fraction of sp³-hybridized carbons (Fsp3) is 0.737. The Morgan fingerprint density at radius 1 is 1.04 bits per heavy atom. The summed E-state index contributed by atoms with van der Waals surface area (Å²) in [7, 11) is 2.31. The average molecular weight is 316 g/mol. The number of aromatic nitrogens is 1. The Hall–Kier alpha value is -0.970. The molecule has 0 aromatic carbocycles. The monoisotopic (exact) mass is 316 g/mol. The van der Waals surface area contributed by atoms with Crippen LogP contribution in [0.3, 0.4) is 0 Å². The summed E-state index contributed by atoms with van der Waals surface area (Å²) < 4.78 is 0. The van der Waals surface area contributed by atoms with Crippen molar-refractivity contribution in [1.82, 2.24) is 19.7 Å². The van der Waals surface area contributed by atoms with Gasteiger partial charge in [-0.15, -0.1) is 0 Å². The molecule has 3 rings (SSSR count). The molecule has 2 fully saturated rings. The number of piperidine rings is 1. The van der Waals surface area contributed by atoms with Gasteiger partial charge in [-0.1, -0.05) is 12.5 Å². The number of hydrogen-bond donors (Lipinski definition) is 0. The lowest BCUT2D eigenvalue weighted by Gasteiger charge is -2.34. The van der Waals surface area contributed by atoms with E-state index in [4.69, 9.17) is 0 Å². The van der Waals surface area contributed by atoms with E-state index in [0.29, 0.717) is 0 Å². The Bertz CT molecular complexity index is 450. The van der Waals surface area contributed by atoms with E-state index in [1.807, 2.05) is 18.5 Å². The van der Waals surface area contributed by atoms with Gasteiger partial charge < -0.3 is 9.80 Å². The molecule has 4 nitrogen and oxygen atoms in total. The maximum atomic E-state index is 4.24. The van der Waals surface area contributed by atoms with Crippen LogP contribution in [0.25, 0.3) is 0 Å². The van der Waals surface area contributed by atoms with Gasteiger partial charge in [0, 0.05) is 38.1 Å². The number of hydrogen-bond acceptors (Lipinski definition) is 4. The fourth-order valence-corrected chi connectivity index (χ4v) is 4.00. The molecule has 2 aliphatic rings. The maximum absolute atomic E-state index is 4.24. The Kier molecular flexibility index (Phi) is 6.43. The van der Waals surface area contributed by atoms with E-state index in [9.17, 15) is 0 Å². The van der Waals surface area contributed by atoms with Crippen molar-refractivity contribution in [3.63, 3.8) is 0 Å². The van der Waals surface area contributed by atoms with Crippen LogP contribution in [0.15, 0.2) is 24.5 Å². The molecular formula is C19H32N4. The molecule has 0 saturated carbocycles. The molecule has 0 N–H and O–H groups in total. The predicted molar refractivity (Wildman–Crippen MR) is 95.5 cm³/mol. The van der Waals surface area contributed by atoms with E-state index in [2.05, 4.69) is 32.8 Å². The fourth-order valence-electron chi connectivity index (χ4n) is 4.00. The molecule has 0 spiro atoms. The standard InChI is InChI=1S/C19H32N4/c1-21-10-3-2-7-19(21)8-13-22-11-5-12-23(15-14-22)17-18-6-4-9-20-16-18/h4,6,9,16,19H,2-3,5,7-8,10-15,17H2,1H3. The van der Waals surface area contributed by atoms with Crippen LogP contribution in [0.1, 0.15) is 37.7 Å². The van der Waals surface area contributed by atoms with Crippen LogP contribution in [0.2, 0.25) is 0 Å². The van der Waals surface area contributed by atoms with E-state index in [-0.39, 0.29) is 0 Å². The quantitative estimate of drug-likeness (QED) is 0.832. The maximum Gasteiger partial charge on any atom is 0.0312 e. The lowest BCUT2D eigenvalue weighted by atomic mass is 10.00. The molecule has 0 bridgehead atoms. The minimum atomic E-state index is 0.818. The summed E-state index contributed by atoms with van der Waals surface area (Å²) in [5.41, 5.74) is 1.34. The predicted octanol–water partition coefficient (Wildman–Crippen LogP) is 2.46. The Labute approximate surface area is 141 Å². The molecule has 1 atom stereocenters. The van der Waals surface area contributed by atoms with Gasteiger partial charge in [-0.3, -0.25) is 9.88 Å². The van der Waals surface area contributed by atoms with Crippen LogP contribution in [0, 0.1) is 0 Å². The lowest BCUT2D eigenvalue weighted by Crippen LogP contribution is -2.39. The molecule has 2 aliphatic heterocycles. The van der Waals surface area contributed by atoms with E-state index in [1.165, 1.54) is 76.9 Å². The first-order valence-corrected chi connectivity index (χ1v) is 9.35. The Morgan fingerprint density at radius 3 is 2.74 bits per heavy atom. The van der Waals surface area contributed by atoms with Crippen LogP contribution in [0.4, 0.5) is 0 Å². The highest BCUT2D eigenvalue weighted by Crippen LogP contribution is 2.18. The van der Waals surface area contributed by atoms with Crippen LogP contribution in [-0.2, 0) is 6.54 Å². The largest absolute Gasteiger partial charge is 0.303 e. The van der Waals surface area contributed by atoms with Gasteiger partial charge in [0.2, 0.25) is 0 Å². The molecule has 1 unspecified atom stereocenters. The molecule has 2 saturated heterocycles. The second-order valence-electron chi connectivity index (χ2n) is 7.25. The summed E-state index contributed by atoms with van der Waals surface area (Å²) in [5, 5.41) is 0. The first-order chi connectivity index (χ1) is 11.3. The summed E-state index contributed by atoms with van der Waals surface area (Å²) in [5.74, 6) is 0. The van der Waals surface area contributed by atoms with Crippen LogP contribution < -0.4 is 0 Å². The summed E-state index contributed by atoms with van der Waals surface area (Å²) in [6.07, 6.45) is 10.7. The van der Waals surface area contributed by atoms with Crippen molar-refractivity contribution in [3.8, 4) is 0 Å². The van der Waals surface area contributed by atoms with Crippen molar-refractivity contribution in [2.75, 3.05) is 46.3 Å². The number of nitrogens with zero attached hydrogens (tertiary/aromatic N) is 4. The Morgan fingerprint density at radius 2 is 1.91 bits per heavy atom. The highest BCUT2D eigenvalue weighted by Gasteiger charge is 2.21. The van der Waals surface area contributed by atoms with Crippen molar-refractivity contribution in [1.29, 1.82) is 0 Å². The first kappa shape index (κ1) is 16.9. The zero-order chi connectivity index (χ0) is 15.9. The molecule has 4 heteroatoms. The summed E-state index contributed by atoms with van der Waals surface area (Å²) in [4.78, 5) is 12.1. The normalized spacial score (nSPS) is 25.3. The third-order valence-electron chi connectivity index (χ3n) is 5.51. The molecule has 0 radical (unpaired) electrons. The van der Waals surface area contributed by atoms with Crippen molar-refractivity contribution in [3.05, 3.63) is 30.1 Å². The zero-order valence-corrected chi connectivity index (χ0v) is 14.7. The van der Waals surface area contributed by atoms with Crippen LogP contribution in [-0.4, -0.2) is 72.0 Å². The summed E-state index contributed by atoms with van der Waals surface area (Å²) in [6, 6.07) is 5.05. The van der Waals surface area contributed by atoms with Gasteiger partial charge in [0.25, 0.3) is 0 Å². The highest BCUT2D eigenvalue weighted by atomic mass is 15.2. The van der Waals surface area contributed by atoms with Crippen LogP contribution in [0.5, 0.6) is 0 Å². The molecule has 3 heterocycles. The SMILES string of the molecule is CN1CCCCC1CCN1CCCN(Cc2cccnc2)CC1. The molecular weight excluding hydrogens is 284 g/mol. The lowest BCUT2D eigenvalue weighted by molar-refractivity contribution is 0.154. The summed E-state index contributed by atoms with van der Waals surface area (Å²) >= 11 is 0.